The van der Waals surface area contributed by atoms with Crippen molar-refractivity contribution in [3.05, 3.63) is 0 Å². The molecule has 2 unspecified atom stereocenters. The van der Waals surface area contributed by atoms with Gasteiger partial charge in [-0.05, 0) is 45.1 Å². The standard InChI is InChI=1S/C12H21NO3/c14-11(15)12(5-3-6-13-9-12)8-10-4-1-2-7-16-10/h10,13H,1-9H2,(H,14,15). The highest BCUT2D eigenvalue weighted by Crippen LogP contribution is 2.34. The molecule has 4 heteroatoms. The van der Waals surface area contributed by atoms with Crippen molar-refractivity contribution in [3.63, 3.8) is 0 Å². The van der Waals surface area contributed by atoms with Crippen molar-refractivity contribution in [1.29, 1.82) is 0 Å². The molecular formula is C12H21NO3. The highest BCUT2D eigenvalue weighted by molar-refractivity contribution is 5.75. The molecule has 0 aromatic carbocycles. The van der Waals surface area contributed by atoms with Gasteiger partial charge in [-0.2, -0.15) is 0 Å². The first-order valence-corrected chi connectivity index (χ1v) is 6.29. The van der Waals surface area contributed by atoms with Crippen molar-refractivity contribution in [3.8, 4) is 0 Å². The van der Waals surface area contributed by atoms with Crippen molar-refractivity contribution in [1.82, 2.24) is 5.32 Å². The van der Waals surface area contributed by atoms with Gasteiger partial charge in [-0.1, -0.05) is 0 Å². The fourth-order valence-electron chi connectivity index (χ4n) is 2.82. The summed E-state index contributed by atoms with van der Waals surface area (Å²) in [5, 5.41) is 12.6. The Bertz CT molecular complexity index is 243. The third-order valence-electron chi connectivity index (χ3n) is 3.82. The number of ether oxygens (including phenoxy) is 1. The monoisotopic (exact) mass is 227 g/mol. The Hall–Kier alpha value is -0.610. The topological polar surface area (TPSA) is 58.6 Å². The van der Waals surface area contributed by atoms with Crippen LogP contribution in [0.15, 0.2) is 0 Å². The van der Waals surface area contributed by atoms with Crippen molar-refractivity contribution < 1.29 is 14.6 Å². The van der Waals surface area contributed by atoms with E-state index in [0.717, 1.165) is 38.8 Å². The third-order valence-corrected chi connectivity index (χ3v) is 3.82. The molecule has 92 valence electrons. The number of carbonyl (C=O) groups is 1. The number of carboxylic acids is 1. The van der Waals surface area contributed by atoms with Crippen LogP contribution in [0.2, 0.25) is 0 Å². The molecule has 0 radical (unpaired) electrons. The first-order valence-electron chi connectivity index (χ1n) is 6.29. The lowest BCUT2D eigenvalue weighted by Gasteiger charge is -2.37. The average molecular weight is 227 g/mol. The van der Waals surface area contributed by atoms with Gasteiger partial charge >= 0.3 is 5.97 Å². The third kappa shape index (κ3) is 2.55. The molecule has 2 N–H and O–H groups in total. The average Bonchev–Trinajstić information content (AvgIpc) is 2.31. The molecule has 0 amide bonds. The zero-order chi connectivity index (χ0) is 11.4. The highest BCUT2D eigenvalue weighted by atomic mass is 16.5. The quantitative estimate of drug-likeness (QED) is 0.765. The molecule has 16 heavy (non-hydrogen) atoms. The summed E-state index contributed by atoms with van der Waals surface area (Å²) in [7, 11) is 0. The van der Waals surface area contributed by atoms with E-state index in [1.54, 1.807) is 0 Å². The molecule has 0 spiro atoms. The fraction of sp³-hybridized carbons (Fsp3) is 0.917. The Morgan fingerprint density at radius 1 is 1.44 bits per heavy atom. The summed E-state index contributed by atoms with van der Waals surface area (Å²) in [6.45, 7) is 2.34. The Morgan fingerprint density at radius 3 is 2.88 bits per heavy atom. The zero-order valence-electron chi connectivity index (χ0n) is 9.71. The van der Waals surface area contributed by atoms with Gasteiger partial charge in [0.25, 0.3) is 0 Å². The van der Waals surface area contributed by atoms with Crippen LogP contribution < -0.4 is 5.32 Å². The molecule has 0 bridgehead atoms. The van der Waals surface area contributed by atoms with Gasteiger partial charge in [0.1, 0.15) is 0 Å². The molecular weight excluding hydrogens is 206 g/mol. The van der Waals surface area contributed by atoms with E-state index < -0.39 is 11.4 Å². The SMILES string of the molecule is O=C(O)C1(CC2CCCCO2)CCCNC1. The molecule has 0 saturated carbocycles. The number of carboxylic acid groups (broad SMARTS) is 1. The summed E-state index contributed by atoms with van der Waals surface area (Å²) < 4.78 is 5.66. The van der Waals surface area contributed by atoms with E-state index in [-0.39, 0.29) is 6.10 Å². The number of aliphatic carboxylic acids is 1. The maximum atomic E-state index is 11.5. The van der Waals surface area contributed by atoms with Crippen LogP contribution in [0.3, 0.4) is 0 Å². The molecule has 2 aliphatic rings. The summed E-state index contributed by atoms with van der Waals surface area (Å²) in [5.74, 6) is -0.658. The predicted octanol–water partition coefficient (Wildman–Crippen LogP) is 1.40. The maximum absolute atomic E-state index is 11.5. The second kappa shape index (κ2) is 5.15. The molecule has 2 fully saturated rings. The van der Waals surface area contributed by atoms with Gasteiger partial charge in [0, 0.05) is 13.2 Å². The minimum Gasteiger partial charge on any atom is -0.481 e. The van der Waals surface area contributed by atoms with Crippen molar-refractivity contribution in [2.75, 3.05) is 19.7 Å². The summed E-state index contributed by atoms with van der Waals surface area (Å²) in [6, 6.07) is 0. The van der Waals surface area contributed by atoms with E-state index in [1.165, 1.54) is 6.42 Å². The molecule has 2 heterocycles. The van der Waals surface area contributed by atoms with Crippen molar-refractivity contribution in [2.45, 2.75) is 44.6 Å². The summed E-state index contributed by atoms with van der Waals surface area (Å²) in [4.78, 5) is 11.5. The van der Waals surface area contributed by atoms with Crippen LogP contribution >= 0.6 is 0 Å². The van der Waals surface area contributed by atoms with E-state index in [9.17, 15) is 9.90 Å². The largest absolute Gasteiger partial charge is 0.481 e. The number of hydrogen-bond acceptors (Lipinski definition) is 3. The summed E-state index contributed by atoms with van der Waals surface area (Å²) in [5.41, 5.74) is -0.583. The first-order chi connectivity index (χ1) is 7.73. The van der Waals surface area contributed by atoms with Crippen LogP contribution in [-0.4, -0.2) is 36.9 Å². The second-order valence-electron chi connectivity index (χ2n) is 5.06. The van der Waals surface area contributed by atoms with Gasteiger partial charge in [-0.3, -0.25) is 4.79 Å². The lowest BCUT2D eigenvalue weighted by molar-refractivity contribution is -0.153. The van der Waals surface area contributed by atoms with Crippen LogP contribution in [0.25, 0.3) is 0 Å². The molecule has 0 aromatic heterocycles. The Kier molecular flexibility index (Phi) is 3.82. The van der Waals surface area contributed by atoms with Gasteiger partial charge in [-0.15, -0.1) is 0 Å². The summed E-state index contributed by atoms with van der Waals surface area (Å²) in [6.07, 6.45) is 5.89. The minimum absolute atomic E-state index is 0.157. The number of nitrogens with one attached hydrogen (secondary N) is 1. The van der Waals surface area contributed by atoms with E-state index in [4.69, 9.17) is 4.74 Å². The molecule has 0 aromatic rings. The van der Waals surface area contributed by atoms with Crippen molar-refractivity contribution in [2.24, 2.45) is 5.41 Å². The predicted molar refractivity (Wildman–Crippen MR) is 60.4 cm³/mol. The van der Waals surface area contributed by atoms with Gasteiger partial charge in [0.15, 0.2) is 0 Å². The number of rotatable bonds is 3. The molecule has 2 aliphatic heterocycles. The number of hydrogen-bond donors (Lipinski definition) is 2. The van der Waals surface area contributed by atoms with Crippen LogP contribution in [0.1, 0.15) is 38.5 Å². The van der Waals surface area contributed by atoms with Gasteiger partial charge < -0.3 is 15.2 Å². The Balaban J connectivity index is 1.98. The minimum atomic E-state index is -0.658. The fourth-order valence-corrected chi connectivity index (χ4v) is 2.82. The van der Waals surface area contributed by atoms with Gasteiger partial charge in [0.05, 0.1) is 11.5 Å². The van der Waals surface area contributed by atoms with E-state index >= 15 is 0 Å². The van der Waals surface area contributed by atoms with Crippen molar-refractivity contribution >= 4 is 5.97 Å². The van der Waals surface area contributed by atoms with Crippen LogP contribution in [0.5, 0.6) is 0 Å². The molecule has 2 rings (SSSR count). The van der Waals surface area contributed by atoms with Gasteiger partial charge in [0.2, 0.25) is 0 Å². The van der Waals surface area contributed by atoms with E-state index in [0.29, 0.717) is 13.0 Å². The molecule has 2 saturated heterocycles. The van der Waals surface area contributed by atoms with E-state index in [2.05, 4.69) is 5.32 Å². The summed E-state index contributed by atoms with van der Waals surface area (Å²) >= 11 is 0. The normalized spacial score (nSPS) is 35.9. The lowest BCUT2D eigenvalue weighted by Crippen LogP contribution is -2.48. The zero-order valence-corrected chi connectivity index (χ0v) is 9.71. The van der Waals surface area contributed by atoms with Gasteiger partial charge in [-0.25, -0.2) is 0 Å². The molecule has 0 aliphatic carbocycles. The van der Waals surface area contributed by atoms with Crippen LogP contribution in [-0.2, 0) is 9.53 Å². The smallest absolute Gasteiger partial charge is 0.311 e. The molecule has 4 nitrogen and oxygen atoms in total. The second-order valence-corrected chi connectivity index (χ2v) is 5.06. The Labute approximate surface area is 96.4 Å². The van der Waals surface area contributed by atoms with E-state index in [1.807, 2.05) is 0 Å². The first kappa shape index (κ1) is 11.9. The Morgan fingerprint density at radius 2 is 2.31 bits per heavy atom. The van der Waals surface area contributed by atoms with Crippen LogP contribution in [0.4, 0.5) is 0 Å². The number of piperidine rings is 1. The lowest BCUT2D eigenvalue weighted by atomic mass is 9.75. The van der Waals surface area contributed by atoms with Crippen LogP contribution in [0, 0.1) is 5.41 Å². The maximum Gasteiger partial charge on any atom is 0.311 e. The molecule has 2 atom stereocenters. The highest BCUT2D eigenvalue weighted by Gasteiger charge is 2.41.